The van der Waals surface area contributed by atoms with Crippen molar-refractivity contribution < 1.29 is 33.2 Å². The van der Waals surface area contributed by atoms with Gasteiger partial charge in [0.1, 0.15) is 11.5 Å². The number of hydrazine groups is 1. The van der Waals surface area contributed by atoms with Crippen molar-refractivity contribution in [2.45, 2.75) is 0 Å². The van der Waals surface area contributed by atoms with Gasteiger partial charge in [-0.1, -0.05) is 0 Å². The number of hydrogen-bond donors (Lipinski definition) is 2. The minimum Gasteiger partial charge on any atom is -0.452 e. The molecule has 1 aliphatic heterocycles. The molecule has 0 saturated carbocycles. The molecule has 0 unspecified atom stereocenters. The molecule has 0 radical (unpaired) electrons. The van der Waals surface area contributed by atoms with E-state index >= 15 is 0 Å². The molecule has 2 N–H and O–H groups in total. The third-order valence-corrected chi connectivity index (χ3v) is 4.52. The predicted octanol–water partition coefficient (Wildman–Crippen LogP) is 1.19. The van der Waals surface area contributed by atoms with E-state index in [1.54, 1.807) is 4.90 Å². The van der Waals surface area contributed by atoms with E-state index in [1.807, 2.05) is 5.43 Å². The zero-order valence-electron chi connectivity index (χ0n) is 16.7. The van der Waals surface area contributed by atoms with Crippen molar-refractivity contribution in [1.82, 2.24) is 10.9 Å². The van der Waals surface area contributed by atoms with Gasteiger partial charge in [0.25, 0.3) is 17.5 Å². The summed E-state index contributed by atoms with van der Waals surface area (Å²) in [7, 11) is 0. The Morgan fingerprint density at radius 1 is 1.06 bits per heavy atom. The fraction of sp³-hybridized carbons (Fsp3) is 0.250. The van der Waals surface area contributed by atoms with Crippen molar-refractivity contribution in [2.75, 3.05) is 37.8 Å². The number of carbonyl (C=O) groups is 3. The van der Waals surface area contributed by atoms with Gasteiger partial charge in [-0.15, -0.1) is 0 Å². The van der Waals surface area contributed by atoms with E-state index in [0.717, 1.165) is 18.2 Å². The number of nitro groups is 1. The molecule has 2 aromatic carbocycles. The number of amides is 2. The Bertz CT molecular complexity index is 1020. The zero-order valence-corrected chi connectivity index (χ0v) is 16.7. The van der Waals surface area contributed by atoms with E-state index < -0.39 is 35.1 Å². The molecular weight excluding hydrogens is 427 g/mol. The molecule has 3 rings (SSSR count). The van der Waals surface area contributed by atoms with Crippen LogP contribution < -0.4 is 15.8 Å². The van der Waals surface area contributed by atoms with E-state index in [1.165, 1.54) is 24.3 Å². The summed E-state index contributed by atoms with van der Waals surface area (Å²) in [6.07, 6.45) is 0. The second kappa shape index (κ2) is 10.3. The van der Waals surface area contributed by atoms with E-state index in [4.69, 9.17) is 9.47 Å². The molecule has 168 valence electrons. The average molecular weight is 446 g/mol. The lowest BCUT2D eigenvalue weighted by molar-refractivity contribution is -0.384. The Kier molecular flexibility index (Phi) is 7.29. The van der Waals surface area contributed by atoms with Gasteiger partial charge in [0.05, 0.1) is 23.7 Å². The smallest absolute Gasteiger partial charge is 0.338 e. The third kappa shape index (κ3) is 5.76. The number of carbonyl (C=O) groups excluding carboxylic acids is 3. The molecule has 1 fully saturated rings. The van der Waals surface area contributed by atoms with Crippen LogP contribution in [0.2, 0.25) is 0 Å². The van der Waals surface area contributed by atoms with Crippen LogP contribution in [-0.4, -0.2) is 55.6 Å². The predicted molar refractivity (Wildman–Crippen MR) is 108 cm³/mol. The maximum absolute atomic E-state index is 12.9. The lowest BCUT2D eigenvalue weighted by atomic mass is 10.1. The van der Waals surface area contributed by atoms with Crippen molar-refractivity contribution in [2.24, 2.45) is 0 Å². The molecule has 1 heterocycles. The topological polar surface area (TPSA) is 140 Å². The second-order valence-electron chi connectivity index (χ2n) is 6.65. The van der Waals surface area contributed by atoms with Gasteiger partial charge in [0.2, 0.25) is 0 Å². The fourth-order valence-corrected chi connectivity index (χ4v) is 2.92. The highest BCUT2D eigenvalue weighted by Crippen LogP contribution is 2.30. The molecule has 0 atom stereocenters. The van der Waals surface area contributed by atoms with Crippen molar-refractivity contribution in [3.05, 3.63) is 69.5 Å². The molecule has 11 nitrogen and oxygen atoms in total. The van der Waals surface area contributed by atoms with Crippen LogP contribution >= 0.6 is 0 Å². The molecule has 32 heavy (non-hydrogen) atoms. The first-order valence-electron chi connectivity index (χ1n) is 9.48. The average Bonchev–Trinajstić information content (AvgIpc) is 2.81. The molecule has 0 aromatic heterocycles. The number of morpholine rings is 1. The van der Waals surface area contributed by atoms with Gasteiger partial charge < -0.3 is 14.4 Å². The molecule has 0 aliphatic carbocycles. The van der Waals surface area contributed by atoms with Gasteiger partial charge in [-0.25, -0.2) is 9.18 Å². The number of hydrogen-bond acceptors (Lipinski definition) is 8. The van der Waals surface area contributed by atoms with Gasteiger partial charge in [-0.3, -0.25) is 30.6 Å². The minimum absolute atomic E-state index is 0.100. The maximum Gasteiger partial charge on any atom is 0.338 e. The summed E-state index contributed by atoms with van der Waals surface area (Å²) in [5.74, 6) is -3.00. The molecule has 12 heteroatoms. The largest absolute Gasteiger partial charge is 0.452 e. The van der Waals surface area contributed by atoms with Crippen molar-refractivity contribution in [3.8, 4) is 0 Å². The molecule has 1 aliphatic rings. The van der Waals surface area contributed by atoms with Crippen molar-refractivity contribution >= 4 is 29.2 Å². The summed E-state index contributed by atoms with van der Waals surface area (Å²) in [5.41, 5.74) is 4.24. The summed E-state index contributed by atoms with van der Waals surface area (Å²) in [6.45, 7) is 1.10. The van der Waals surface area contributed by atoms with E-state index in [2.05, 4.69) is 5.43 Å². The Morgan fingerprint density at radius 3 is 2.38 bits per heavy atom. The van der Waals surface area contributed by atoms with Crippen molar-refractivity contribution in [1.29, 1.82) is 0 Å². The Morgan fingerprint density at radius 2 is 1.72 bits per heavy atom. The maximum atomic E-state index is 12.9. The van der Waals surface area contributed by atoms with E-state index in [9.17, 15) is 28.9 Å². The highest BCUT2D eigenvalue weighted by molar-refractivity contribution is 5.96. The van der Waals surface area contributed by atoms with Crippen LogP contribution in [0.15, 0.2) is 42.5 Å². The lowest BCUT2D eigenvalue weighted by Crippen LogP contribution is -2.43. The number of nitrogens with one attached hydrogen (secondary N) is 2. The Balaban J connectivity index is 1.55. The number of benzene rings is 2. The van der Waals surface area contributed by atoms with Crippen molar-refractivity contribution in [3.63, 3.8) is 0 Å². The van der Waals surface area contributed by atoms with Gasteiger partial charge in [0.15, 0.2) is 6.61 Å². The third-order valence-electron chi connectivity index (χ3n) is 4.52. The van der Waals surface area contributed by atoms with Gasteiger partial charge >= 0.3 is 5.97 Å². The Labute approximate surface area is 181 Å². The minimum atomic E-state index is -0.943. The van der Waals surface area contributed by atoms with Crippen LogP contribution in [-0.2, 0) is 14.3 Å². The van der Waals surface area contributed by atoms with Crippen LogP contribution in [0, 0.1) is 15.9 Å². The first-order chi connectivity index (χ1) is 15.3. The first kappa shape index (κ1) is 22.6. The number of halogens is 1. The van der Waals surface area contributed by atoms with Gasteiger partial charge in [-0.2, -0.15) is 0 Å². The summed E-state index contributed by atoms with van der Waals surface area (Å²) in [4.78, 5) is 48.5. The van der Waals surface area contributed by atoms with Crippen LogP contribution in [0.3, 0.4) is 0 Å². The van der Waals surface area contributed by atoms with E-state index in [-0.39, 0.29) is 16.8 Å². The highest BCUT2D eigenvalue weighted by atomic mass is 19.1. The molecule has 0 spiro atoms. The quantitative estimate of drug-likeness (QED) is 0.383. The van der Waals surface area contributed by atoms with Crippen LogP contribution in [0.1, 0.15) is 20.7 Å². The lowest BCUT2D eigenvalue weighted by Gasteiger charge is -2.28. The number of nitro benzene ring substituents is 1. The first-order valence-corrected chi connectivity index (χ1v) is 9.48. The highest BCUT2D eigenvalue weighted by Gasteiger charge is 2.24. The molecule has 1 saturated heterocycles. The number of anilines is 1. The number of esters is 1. The number of ether oxygens (including phenoxy) is 2. The van der Waals surface area contributed by atoms with E-state index in [0.29, 0.717) is 32.0 Å². The number of rotatable bonds is 6. The molecule has 2 aromatic rings. The summed E-state index contributed by atoms with van der Waals surface area (Å²) in [5, 5.41) is 11.5. The summed E-state index contributed by atoms with van der Waals surface area (Å²) >= 11 is 0. The molecule has 2 amide bonds. The van der Waals surface area contributed by atoms with Crippen LogP contribution in [0.4, 0.5) is 15.8 Å². The Hall–Kier alpha value is -4.06. The summed E-state index contributed by atoms with van der Waals surface area (Å²) < 4.78 is 23.0. The van der Waals surface area contributed by atoms with Gasteiger partial charge in [0, 0.05) is 24.7 Å². The normalized spacial score (nSPS) is 13.2. The summed E-state index contributed by atoms with van der Waals surface area (Å²) in [6, 6.07) is 8.53. The SMILES string of the molecule is O=C(COC(=O)c1ccc(N2CCOCC2)c([N+](=O)[O-])c1)NNC(=O)c1ccc(F)cc1. The second-order valence-corrected chi connectivity index (χ2v) is 6.65. The standard InChI is InChI=1S/C20H19FN4O7/c21-15-4-1-13(2-5-15)19(27)23-22-18(26)12-32-20(28)14-3-6-16(17(11-14)25(29)30)24-7-9-31-10-8-24/h1-6,11H,7-10,12H2,(H,22,26)(H,23,27). The zero-order chi connectivity index (χ0) is 23.1. The van der Waals surface area contributed by atoms with Crippen LogP contribution in [0.25, 0.3) is 0 Å². The van der Waals surface area contributed by atoms with Gasteiger partial charge in [-0.05, 0) is 36.4 Å². The number of nitrogens with zero attached hydrogens (tertiary/aromatic N) is 2. The molecular formula is C20H19FN4O7. The fourth-order valence-electron chi connectivity index (χ4n) is 2.92. The van der Waals surface area contributed by atoms with Crippen LogP contribution in [0.5, 0.6) is 0 Å². The molecule has 0 bridgehead atoms. The monoisotopic (exact) mass is 446 g/mol.